The van der Waals surface area contributed by atoms with Crippen LogP contribution in [0.25, 0.3) is 0 Å². The van der Waals surface area contributed by atoms with Crippen LogP contribution in [-0.4, -0.2) is 193 Å². The zero-order chi connectivity index (χ0) is 70.4. The van der Waals surface area contributed by atoms with E-state index in [0.717, 1.165) is 51.4 Å². The summed E-state index contributed by atoms with van der Waals surface area (Å²) in [6, 6.07) is -0.886. The number of unbranched alkanes of at least 4 members (excludes halogenated alkanes) is 44. The van der Waals surface area contributed by atoms with Crippen LogP contribution in [0.1, 0.15) is 335 Å². The molecule has 0 saturated carbocycles. The third kappa shape index (κ3) is 40.2. The summed E-state index contributed by atoms with van der Waals surface area (Å²) in [6.07, 6.45) is 44.1. The van der Waals surface area contributed by atoms with Crippen LogP contribution in [0.3, 0.4) is 0 Å². The molecule has 0 radical (unpaired) electrons. The molecule has 0 spiro atoms. The molecule has 0 bridgehead atoms. The molecule has 17 atom stereocenters. The molecule has 97 heavy (non-hydrogen) atoms. The number of aliphatic hydroxyl groups is 11. The average Bonchev–Trinajstić information content (AvgIpc) is 0.798. The first kappa shape index (κ1) is 89.5. The van der Waals surface area contributed by atoms with Gasteiger partial charge in [-0.1, -0.05) is 308 Å². The zero-order valence-corrected chi connectivity index (χ0v) is 61.1. The van der Waals surface area contributed by atoms with Crippen LogP contribution in [0.4, 0.5) is 0 Å². The Hall–Kier alpha value is -1.73. The number of hydrogen-bond donors (Lipinski definition) is 12. The van der Waals surface area contributed by atoms with Crippen LogP contribution in [-0.2, 0) is 33.2 Å². The zero-order valence-electron chi connectivity index (χ0n) is 61.1. The van der Waals surface area contributed by atoms with Crippen molar-refractivity contribution in [3.63, 3.8) is 0 Å². The van der Waals surface area contributed by atoms with Crippen LogP contribution in [0.15, 0.2) is 24.3 Å². The van der Waals surface area contributed by atoms with Gasteiger partial charge in [-0.25, -0.2) is 0 Å². The van der Waals surface area contributed by atoms with Gasteiger partial charge < -0.3 is 89.9 Å². The van der Waals surface area contributed by atoms with Gasteiger partial charge in [0.2, 0.25) is 5.91 Å². The van der Waals surface area contributed by atoms with Gasteiger partial charge in [-0.3, -0.25) is 4.79 Å². The van der Waals surface area contributed by atoms with Crippen molar-refractivity contribution in [2.24, 2.45) is 0 Å². The normalized spacial score (nSPS) is 27.0. The molecular formula is C78H147NO18. The molecule has 3 aliphatic heterocycles. The molecule has 3 aliphatic rings. The van der Waals surface area contributed by atoms with Gasteiger partial charge in [-0.2, -0.15) is 0 Å². The summed E-state index contributed by atoms with van der Waals surface area (Å²) in [5.74, 6) is -0.236. The molecule has 1 amide bonds. The van der Waals surface area contributed by atoms with Crippen molar-refractivity contribution in [3.05, 3.63) is 24.3 Å². The Morgan fingerprint density at radius 1 is 0.371 bits per heavy atom. The van der Waals surface area contributed by atoms with Gasteiger partial charge in [0.1, 0.15) is 73.2 Å². The lowest BCUT2D eigenvalue weighted by Gasteiger charge is -2.48. The number of allylic oxidation sites excluding steroid dienone is 4. The quantitative estimate of drug-likeness (QED) is 0.0199. The second-order valence-electron chi connectivity index (χ2n) is 28.9. The van der Waals surface area contributed by atoms with E-state index in [1.165, 1.54) is 250 Å². The number of amides is 1. The summed E-state index contributed by atoms with van der Waals surface area (Å²) in [5, 5.41) is 121. The highest BCUT2D eigenvalue weighted by Crippen LogP contribution is 2.33. The predicted octanol–water partition coefficient (Wildman–Crippen LogP) is 13.0. The van der Waals surface area contributed by atoms with Crippen molar-refractivity contribution >= 4 is 5.91 Å². The Kier molecular flexibility index (Phi) is 55.0. The molecule has 3 rings (SSSR count). The molecular weight excluding hydrogens is 1240 g/mol. The Balaban J connectivity index is 1.36. The van der Waals surface area contributed by atoms with Crippen molar-refractivity contribution in [1.82, 2.24) is 5.32 Å². The summed E-state index contributed by atoms with van der Waals surface area (Å²) in [6.45, 7) is 1.84. The standard InChI is InChI=1S/C78H147NO18/c1-3-5-7-9-11-13-15-17-19-21-23-25-26-27-28-29-30-31-32-33-34-36-38-40-42-44-46-48-50-52-54-56-66(84)79-61(62(83)55-53-51-49-47-45-43-41-39-37-35-24-22-20-18-16-14-12-10-8-6-4-2)60-92-76-72(90)69(87)74(64(58-81)94-76)97-78-73(91)70(88)75(65(59-82)95-78)96-77-71(89)68(86)67(85)63(57-80)93-77/h15,17,21,23,61-65,67-78,80-83,85-91H,3-14,16,18-20,22,24-60H2,1-2H3,(H,79,84)/b17-15-,23-21-. The number of carbonyl (C=O) groups excluding carboxylic acids is 1. The summed E-state index contributed by atoms with van der Waals surface area (Å²) in [5.41, 5.74) is 0. The summed E-state index contributed by atoms with van der Waals surface area (Å²) in [7, 11) is 0. The van der Waals surface area contributed by atoms with Gasteiger partial charge in [0.25, 0.3) is 0 Å². The predicted molar refractivity (Wildman–Crippen MR) is 383 cm³/mol. The molecule has 0 aromatic carbocycles. The van der Waals surface area contributed by atoms with E-state index in [1.807, 2.05) is 0 Å². The molecule has 19 nitrogen and oxygen atoms in total. The van der Waals surface area contributed by atoms with Crippen LogP contribution >= 0.6 is 0 Å². The molecule has 572 valence electrons. The number of carbonyl (C=O) groups is 1. The largest absolute Gasteiger partial charge is 0.394 e. The third-order valence-electron chi connectivity index (χ3n) is 20.3. The highest BCUT2D eigenvalue weighted by Gasteiger charge is 2.54. The first-order chi connectivity index (χ1) is 47.3. The Morgan fingerprint density at radius 3 is 1.05 bits per heavy atom. The monoisotopic (exact) mass is 1390 g/mol. The van der Waals surface area contributed by atoms with Crippen molar-refractivity contribution in [1.29, 1.82) is 0 Å². The van der Waals surface area contributed by atoms with Crippen LogP contribution in [0.2, 0.25) is 0 Å². The molecule has 0 aromatic rings. The lowest BCUT2D eigenvalue weighted by atomic mass is 9.96. The fourth-order valence-corrected chi connectivity index (χ4v) is 13.8. The minimum atomic E-state index is -1.97. The van der Waals surface area contributed by atoms with Crippen LogP contribution in [0.5, 0.6) is 0 Å². The molecule has 3 heterocycles. The minimum absolute atomic E-state index is 0.236. The van der Waals surface area contributed by atoms with Crippen LogP contribution in [0, 0.1) is 0 Å². The molecule has 3 saturated heterocycles. The van der Waals surface area contributed by atoms with E-state index in [9.17, 15) is 61.0 Å². The second kappa shape index (κ2) is 59.6. The first-order valence-electron chi connectivity index (χ1n) is 40.1. The number of nitrogens with one attached hydrogen (secondary N) is 1. The van der Waals surface area contributed by atoms with Crippen LogP contribution < -0.4 is 5.32 Å². The van der Waals surface area contributed by atoms with E-state index in [1.54, 1.807) is 0 Å². The Labute approximate surface area is 588 Å². The molecule has 0 aromatic heterocycles. The number of rotatable bonds is 64. The lowest BCUT2D eigenvalue weighted by molar-refractivity contribution is -0.379. The maximum Gasteiger partial charge on any atom is 0.220 e. The molecule has 3 fully saturated rings. The van der Waals surface area contributed by atoms with E-state index >= 15 is 0 Å². The van der Waals surface area contributed by atoms with E-state index in [0.29, 0.717) is 12.8 Å². The third-order valence-corrected chi connectivity index (χ3v) is 20.3. The first-order valence-corrected chi connectivity index (χ1v) is 40.1. The van der Waals surface area contributed by atoms with Gasteiger partial charge in [-0.05, 0) is 44.9 Å². The maximum absolute atomic E-state index is 13.5. The lowest BCUT2D eigenvalue weighted by Crippen LogP contribution is -2.66. The van der Waals surface area contributed by atoms with Gasteiger partial charge in [0.05, 0.1) is 38.6 Å². The Morgan fingerprint density at radius 2 is 0.680 bits per heavy atom. The highest BCUT2D eigenvalue weighted by molar-refractivity contribution is 5.76. The van der Waals surface area contributed by atoms with E-state index in [4.69, 9.17) is 28.4 Å². The van der Waals surface area contributed by atoms with Crippen molar-refractivity contribution in [2.75, 3.05) is 26.4 Å². The highest BCUT2D eigenvalue weighted by atomic mass is 16.8. The van der Waals surface area contributed by atoms with Gasteiger partial charge in [0.15, 0.2) is 18.9 Å². The smallest absolute Gasteiger partial charge is 0.220 e. The molecule has 12 N–H and O–H groups in total. The Bertz CT molecular complexity index is 1850. The van der Waals surface area contributed by atoms with Crippen molar-refractivity contribution in [3.8, 4) is 0 Å². The number of aliphatic hydroxyl groups excluding tert-OH is 11. The second-order valence-corrected chi connectivity index (χ2v) is 28.9. The van der Waals surface area contributed by atoms with Gasteiger partial charge in [0, 0.05) is 6.42 Å². The average molecular weight is 1390 g/mol. The van der Waals surface area contributed by atoms with Crippen molar-refractivity contribution in [2.45, 2.75) is 439 Å². The summed E-state index contributed by atoms with van der Waals surface area (Å²) >= 11 is 0. The topological polar surface area (TPSA) is 307 Å². The number of ether oxygens (including phenoxy) is 6. The fourth-order valence-electron chi connectivity index (χ4n) is 13.8. The van der Waals surface area contributed by atoms with Crippen molar-refractivity contribution < 1.29 is 89.4 Å². The van der Waals surface area contributed by atoms with E-state index < -0.39 is 124 Å². The van der Waals surface area contributed by atoms with Gasteiger partial charge in [-0.15, -0.1) is 0 Å². The summed E-state index contributed by atoms with van der Waals surface area (Å²) < 4.78 is 34.5. The minimum Gasteiger partial charge on any atom is -0.394 e. The maximum atomic E-state index is 13.5. The molecule has 17 unspecified atom stereocenters. The molecule has 19 heteroatoms. The summed E-state index contributed by atoms with van der Waals surface area (Å²) in [4.78, 5) is 13.5. The number of hydrogen-bond acceptors (Lipinski definition) is 18. The molecule has 0 aliphatic carbocycles. The van der Waals surface area contributed by atoms with E-state index in [2.05, 4.69) is 43.5 Å². The SMILES string of the molecule is CCCCCCC/C=C\C/C=C\CCCCCCCCCCCCCCCCCCCCCC(=O)NC(COC1OC(CO)C(OC2OC(CO)C(OC3OC(CO)C(O)C(O)C3O)C(O)C2O)C(O)C1O)C(O)CCCCCCCCCCCCCCCCCCCCCCC. The fraction of sp³-hybridized carbons (Fsp3) is 0.936. The van der Waals surface area contributed by atoms with Gasteiger partial charge >= 0.3 is 0 Å². The van der Waals surface area contributed by atoms with E-state index in [-0.39, 0.29) is 18.9 Å².